The van der Waals surface area contributed by atoms with Gasteiger partial charge in [-0.25, -0.2) is 23.1 Å². The van der Waals surface area contributed by atoms with Crippen LogP contribution >= 0.6 is 0 Å². The fraction of sp³-hybridized carbons (Fsp3) is 0.200. The third-order valence-corrected chi connectivity index (χ3v) is 5.53. The number of carbonyl (C=O) groups is 2. The van der Waals surface area contributed by atoms with Crippen LogP contribution in [0.3, 0.4) is 0 Å². The highest BCUT2D eigenvalue weighted by Gasteiger charge is 2.19. The van der Waals surface area contributed by atoms with Gasteiger partial charge in [0.15, 0.2) is 0 Å². The third kappa shape index (κ3) is 5.89. The van der Waals surface area contributed by atoms with E-state index in [4.69, 9.17) is 0 Å². The number of benzene rings is 1. The lowest BCUT2D eigenvalue weighted by Crippen LogP contribution is -2.31. The van der Waals surface area contributed by atoms with Gasteiger partial charge in [0.25, 0.3) is 21.8 Å². The van der Waals surface area contributed by atoms with E-state index in [1.807, 2.05) is 4.72 Å². The Hall–Kier alpha value is -3.73. The number of nitrogens with zero attached hydrogens (tertiary/aromatic N) is 4. The molecule has 11 heteroatoms. The van der Waals surface area contributed by atoms with Gasteiger partial charge >= 0.3 is 0 Å². The predicted molar refractivity (Wildman–Crippen MR) is 111 cm³/mol. The minimum Gasteiger partial charge on any atom is -0.350 e. The molecule has 0 aliphatic carbocycles. The van der Waals surface area contributed by atoms with Crippen LogP contribution in [0.5, 0.6) is 0 Å². The number of sulfonamides is 1. The van der Waals surface area contributed by atoms with Gasteiger partial charge in [0.2, 0.25) is 0 Å². The van der Waals surface area contributed by atoms with Crippen molar-refractivity contribution in [1.29, 1.82) is 0 Å². The zero-order valence-electron chi connectivity index (χ0n) is 16.9. The first-order chi connectivity index (χ1) is 14.7. The number of amides is 2. The fourth-order valence-corrected chi connectivity index (χ4v) is 3.46. The van der Waals surface area contributed by atoms with Crippen LogP contribution in [0.2, 0.25) is 0 Å². The van der Waals surface area contributed by atoms with Crippen LogP contribution in [0.15, 0.2) is 53.9 Å². The van der Waals surface area contributed by atoms with Crippen molar-refractivity contribution >= 4 is 21.8 Å². The van der Waals surface area contributed by atoms with E-state index in [-0.39, 0.29) is 22.2 Å². The number of carbonyl (C=O) groups excluding carboxylic acids is 2. The van der Waals surface area contributed by atoms with E-state index in [1.165, 1.54) is 36.9 Å². The maximum absolute atomic E-state index is 12.4. The van der Waals surface area contributed by atoms with Gasteiger partial charge in [-0.1, -0.05) is 12.1 Å². The second-order valence-electron chi connectivity index (χ2n) is 6.67. The summed E-state index contributed by atoms with van der Waals surface area (Å²) in [6, 6.07) is 6.00. The van der Waals surface area contributed by atoms with Gasteiger partial charge in [-0.3, -0.25) is 19.6 Å². The van der Waals surface area contributed by atoms with Crippen LogP contribution in [-0.2, 0) is 16.4 Å². The summed E-state index contributed by atoms with van der Waals surface area (Å²) in [5.41, 5.74) is 2.26. The molecule has 0 radical (unpaired) electrons. The Balaban J connectivity index is 1.56. The van der Waals surface area contributed by atoms with E-state index in [9.17, 15) is 18.0 Å². The quantitative estimate of drug-likeness (QED) is 0.553. The minimum absolute atomic E-state index is 0.0661. The molecular weight excluding hydrogens is 420 g/mol. The van der Waals surface area contributed by atoms with Crippen molar-refractivity contribution in [2.75, 3.05) is 6.54 Å². The second kappa shape index (κ2) is 9.39. The first kappa shape index (κ1) is 22.0. The Labute approximate surface area is 179 Å². The maximum atomic E-state index is 12.4. The number of aromatic nitrogens is 4. The Morgan fingerprint density at radius 1 is 0.806 bits per heavy atom. The molecule has 0 aliphatic rings. The Morgan fingerprint density at radius 3 is 1.87 bits per heavy atom. The summed E-state index contributed by atoms with van der Waals surface area (Å²) < 4.78 is 26.8. The number of nitrogens with one attached hydrogen (secondary N) is 2. The van der Waals surface area contributed by atoms with Crippen molar-refractivity contribution in [3.8, 4) is 0 Å². The summed E-state index contributed by atoms with van der Waals surface area (Å²) in [6.45, 7) is 3.82. The molecule has 0 unspecified atom stereocenters. The molecule has 2 amide bonds. The minimum atomic E-state index is -4.06. The Morgan fingerprint density at radius 2 is 1.35 bits per heavy atom. The van der Waals surface area contributed by atoms with Crippen LogP contribution in [-0.4, -0.2) is 46.7 Å². The van der Waals surface area contributed by atoms with Crippen molar-refractivity contribution in [1.82, 2.24) is 30.0 Å². The lowest BCUT2D eigenvalue weighted by molar-refractivity contribution is 0.0946. The van der Waals surface area contributed by atoms with E-state index in [0.717, 1.165) is 11.3 Å². The molecule has 0 atom stereocenters. The summed E-state index contributed by atoms with van der Waals surface area (Å²) >= 11 is 0. The van der Waals surface area contributed by atoms with Gasteiger partial charge in [0.1, 0.15) is 11.4 Å². The maximum Gasteiger partial charge on any atom is 0.285 e. The summed E-state index contributed by atoms with van der Waals surface area (Å²) in [5.74, 6) is -1.20. The van der Waals surface area contributed by atoms with Crippen molar-refractivity contribution in [2.24, 2.45) is 0 Å². The molecule has 0 saturated heterocycles. The van der Waals surface area contributed by atoms with E-state index < -0.39 is 15.9 Å². The van der Waals surface area contributed by atoms with Crippen LogP contribution < -0.4 is 10.0 Å². The van der Waals surface area contributed by atoms with E-state index in [0.29, 0.717) is 18.7 Å². The van der Waals surface area contributed by atoms with Crippen molar-refractivity contribution in [2.45, 2.75) is 25.2 Å². The smallest absolute Gasteiger partial charge is 0.285 e. The summed E-state index contributed by atoms with van der Waals surface area (Å²) in [7, 11) is -4.06. The van der Waals surface area contributed by atoms with Gasteiger partial charge in [-0.15, -0.1) is 0 Å². The summed E-state index contributed by atoms with van der Waals surface area (Å²) in [6.07, 6.45) is 5.98. The SMILES string of the molecule is Cc1cnc(C(=O)NCCc2ccc(S(=O)(=O)NC(=O)c3cnc(C)cn3)cc2)cn1. The van der Waals surface area contributed by atoms with Gasteiger partial charge in [0.05, 0.1) is 28.7 Å². The molecule has 0 aliphatic heterocycles. The first-order valence-electron chi connectivity index (χ1n) is 9.26. The van der Waals surface area contributed by atoms with Crippen molar-refractivity contribution in [3.05, 3.63) is 77.4 Å². The molecule has 0 fully saturated rings. The lowest BCUT2D eigenvalue weighted by atomic mass is 10.1. The fourth-order valence-electron chi connectivity index (χ4n) is 2.50. The van der Waals surface area contributed by atoms with Gasteiger partial charge < -0.3 is 5.32 Å². The Bertz CT molecular complexity index is 1180. The standard InChI is InChI=1S/C20H20N6O4S/c1-13-9-24-17(11-22-13)19(27)21-8-7-15-3-5-16(6-4-15)31(29,30)26-20(28)18-12-23-14(2)10-25-18/h3-6,9-12H,7-8H2,1-2H3,(H,21,27)(H,26,28). The van der Waals surface area contributed by atoms with Gasteiger partial charge in [0, 0.05) is 18.9 Å². The van der Waals surface area contributed by atoms with Crippen LogP contribution in [0.4, 0.5) is 0 Å². The van der Waals surface area contributed by atoms with E-state index >= 15 is 0 Å². The normalized spacial score (nSPS) is 11.0. The molecule has 2 N–H and O–H groups in total. The second-order valence-corrected chi connectivity index (χ2v) is 8.35. The highest BCUT2D eigenvalue weighted by Crippen LogP contribution is 2.11. The predicted octanol–water partition coefficient (Wildman–Crippen LogP) is 0.975. The Kier molecular flexibility index (Phi) is 6.65. The number of aryl methyl sites for hydroxylation is 2. The summed E-state index contributed by atoms with van der Waals surface area (Å²) in [4.78, 5) is 39.9. The lowest BCUT2D eigenvalue weighted by Gasteiger charge is -2.08. The molecule has 31 heavy (non-hydrogen) atoms. The molecule has 160 valence electrons. The van der Waals surface area contributed by atoms with Gasteiger partial charge in [-0.05, 0) is 38.0 Å². The molecule has 10 nitrogen and oxygen atoms in total. The van der Waals surface area contributed by atoms with Crippen molar-refractivity contribution < 1.29 is 18.0 Å². The molecule has 1 aromatic carbocycles. The van der Waals surface area contributed by atoms with E-state index in [1.54, 1.807) is 26.0 Å². The molecule has 3 aromatic rings. The van der Waals surface area contributed by atoms with Crippen LogP contribution in [0.1, 0.15) is 37.9 Å². The average molecular weight is 440 g/mol. The molecular formula is C20H20N6O4S. The number of rotatable bonds is 7. The summed E-state index contributed by atoms with van der Waals surface area (Å²) in [5, 5.41) is 2.73. The zero-order valence-corrected chi connectivity index (χ0v) is 17.7. The third-order valence-electron chi connectivity index (χ3n) is 4.19. The first-order valence-corrected chi connectivity index (χ1v) is 10.7. The van der Waals surface area contributed by atoms with Crippen molar-refractivity contribution in [3.63, 3.8) is 0 Å². The van der Waals surface area contributed by atoms with Crippen LogP contribution in [0, 0.1) is 13.8 Å². The van der Waals surface area contributed by atoms with Crippen LogP contribution in [0.25, 0.3) is 0 Å². The molecule has 2 heterocycles. The van der Waals surface area contributed by atoms with Gasteiger partial charge in [-0.2, -0.15) is 0 Å². The highest BCUT2D eigenvalue weighted by atomic mass is 32.2. The monoisotopic (exact) mass is 440 g/mol. The largest absolute Gasteiger partial charge is 0.350 e. The average Bonchev–Trinajstić information content (AvgIpc) is 2.74. The highest BCUT2D eigenvalue weighted by molar-refractivity contribution is 7.90. The van der Waals surface area contributed by atoms with E-state index in [2.05, 4.69) is 25.3 Å². The molecule has 0 spiro atoms. The molecule has 0 bridgehead atoms. The number of hydrogen-bond acceptors (Lipinski definition) is 8. The zero-order chi connectivity index (χ0) is 22.4. The topological polar surface area (TPSA) is 144 Å². The molecule has 2 aromatic heterocycles. The molecule has 3 rings (SSSR count). The molecule has 0 saturated carbocycles. The number of hydrogen-bond donors (Lipinski definition) is 2.